The molecule has 2 aliphatic heterocycles. The zero-order valence-corrected chi connectivity index (χ0v) is 5.13. The number of nitrogens with one attached hydrogen (secondary N) is 1. The Labute approximate surface area is 53.9 Å². The summed E-state index contributed by atoms with van der Waals surface area (Å²) in [4.78, 5) is 10.9. The average molecular weight is 123 g/mol. The summed E-state index contributed by atoms with van der Waals surface area (Å²) in [5.74, 6) is 0.844. The van der Waals surface area contributed by atoms with Crippen molar-refractivity contribution in [2.24, 2.45) is 5.92 Å². The lowest BCUT2D eigenvalue weighted by atomic mass is 9.87. The van der Waals surface area contributed by atoms with E-state index in [1.54, 1.807) is 0 Å². The van der Waals surface area contributed by atoms with Gasteiger partial charge in [-0.1, -0.05) is 12.2 Å². The molecule has 0 spiro atoms. The van der Waals surface area contributed by atoms with Crippen molar-refractivity contribution >= 4 is 5.78 Å². The minimum absolute atomic E-state index is 0.0509. The van der Waals surface area contributed by atoms with Gasteiger partial charge < -0.3 is 5.32 Å². The lowest BCUT2D eigenvalue weighted by Gasteiger charge is -2.29. The number of piperidine rings is 1. The summed E-state index contributed by atoms with van der Waals surface area (Å²) < 4.78 is 0. The quantitative estimate of drug-likeness (QED) is 0.463. The van der Waals surface area contributed by atoms with Crippen LogP contribution in [0.15, 0.2) is 12.2 Å². The van der Waals surface area contributed by atoms with E-state index in [4.69, 9.17) is 0 Å². The van der Waals surface area contributed by atoms with Crippen LogP contribution in [-0.4, -0.2) is 18.4 Å². The second-order valence-electron chi connectivity index (χ2n) is 2.70. The number of carbonyl (C=O) groups is 1. The highest BCUT2D eigenvalue weighted by atomic mass is 16.1. The molecule has 2 bridgehead atoms. The lowest BCUT2D eigenvalue weighted by Crippen LogP contribution is -2.47. The van der Waals surface area contributed by atoms with Crippen LogP contribution < -0.4 is 5.32 Å². The summed E-state index contributed by atoms with van der Waals surface area (Å²) >= 11 is 0. The Bertz CT molecular complexity index is 174. The summed E-state index contributed by atoms with van der Waals surface area (Å²) in [6.45, 7) is 0.993. The van der Waals surface area contributed by atoms with Crippen molar-refractivity contribution in [1.82, 2.24) is 5.32 Å². The fourth-order valence-electron chi connectivity index (χ4n) is 1.43. The van der Waals surface area contributed by atoms with Gasteiger partial charge in [0.15, 0.2) is 5.78 Å². The molecule has 1 unspecified atom stereocenters. The van der Waals surface area contributed by atoms with Gasteiger partial charge in [-0.05, 0) is 5.92 Å². The number of Topliss-reactive ketones (excluding diaryl/α,β-unsaturated/α-hetero) is 1. The predicted octanol–water partition coefficient (Wildman–Crippen LogP) is 0.103. The molecule has 0 aromatic heterocycles. The van der Waals surface area contributed by atoms with Crippen LogP contribution in [-0.2, 0) is 4.79 Å². The van der Waals surface area contributed by atoms with Gasteiger partial charge in [0.05, 0.1) is 6.04 Å². The van der Waals surface area contributed by atoms with Crippen LogP contribution in [0.1, 0.15) is 6.42 Å². The van der Waals surface area contributed by atoms with Gasteiger partial charge in [0.1, 0.15) is 0 Å². The predicted molar refractivity (Wildman–Crippen MR) is 34.0 cm³/mol. The first-order chi connectivity index (χ1) is 4.36. The van der Waals surface area contributed by atoms with Gasteiger partial charge in [0.2, 0.25) is 0 Å². The van der Waals surface area contributed by atoms with E-state index in [9.17, 15) is 4.79 Å². The van der Waals surface area contributed by atoms with E-state index in [2.05, 4.69) is 11.4 Å². The van der Waals surface area contributed by atoms with Crippen molar-refractivity contribution in [2.75, 3.05) is 6.54 Å². The molecular weight excluding hydrogens is 114 g/mol. The second kappa shape index (κ2) is 1.67. The fourth-order valence-corrected chi connectivity index (χ4v) is 1.43. The monoisotopic (exact) mass is 123 g/mol. The standard InChI is InChI=1S/C7H9NO/c9-7-3-5-1-2-6(7)8-4-5/h1-2,5-6,8H,3-4H2/t5-,6?/m0/s1. The molecule has 0 radical (unpaired) electrons. The Morgan fingerprint density at radius 1 is 1.56 bits per heavy atom. The zero-order valence-electron chi connectivity index (χ0n) is 5.13. The summed E-state index contributed by atoms with van der Waals surface area (Å²) in [7, 11) is 0. The van der Waals surface area contributed by atoms with Crippen molar-refractivity contribution in [2.45, 2.75) is 12.5 Å². The highest BCUT2D eigenvalue weighted by Gasteiger charge is 2.28. The van der Waals surface area contributed by atoms with E-state index in [-0.39, 0.29) is 6.04 Å². The first-order valence-electron chi connectivity index (χ1n) is 3.31. The summed E-state index contributed by atoms with van der Waals surface area (Å²) in [5, 5.41) is 3.13. The maximum Gasteiger partial charge on any atom is 0.154 e. The van der Waals surface area contributed by atoms with Crippen LogP contribution in [0.25, 0.3) is 0 Å². The highest BCUT2D eigenvalue weighted by molar-refractivity contribution is 5.88. The Morgan fingerprint density at radius 3 is 2.67 bits per heavy atom. The third-order valence-corrected chi connectivity index (χ3v) is 1.99. The molecule has 48 valence electrons. The van der Waals surface area contributed by atoms with Gasteiger partial charge in [0.25, 0.3) is 0 Å². The fraction of sp³-hybridized carbons (Fsp3) is 0.571. The van der Waals surface area contributed by atoms with Crippen molar-refractivity contribution in [3.63, 3.8) is 0 Å². The van der Waals surface area contributed by atoms with Crippen LogP contribution >= 0.6 is 0 Å². The molecule has 1 fully saturated rings. The van der Waals surface area contributed by atoms with Crippen LogP contribution in [0.2, 0.25) is 0 Å². The highest BCUT2D eigenvalue weighted by Crippen LogP contribution is 2.18. The molecule has 9 heavy (non-hydrogen) atoms. The average Bonchev–Trinajstić information content (AvgIpc) is 1.90. The van der Waals surface area contributed by atoms with Crippen molar-refractivity contribution in [1.29, 1.82) is 0 Å². The normalized spacial score (nSPS) is 39.8. The summed E-state index contributed by atoms with van der Waals surface area (Å²) in [6, 6.07) is 0.0509. The summed E-state index contributed by atoms with van der Waals surface area (Å²) in [6.07, 6.45) is 4.87. The van der Waals surface area contributed by atoms with E-state index in [1.165, 1.54) is 0 Å². The Balaban J connectivity index is 2.29. The molecule has 2 heteroatoms. The first-order valence-corrected chi connectivity index (χ1v) is 3.31. The van der Waals surface area contributed by atoms with E-state index < -0.39 is 0 Å². The molecule has 2 nitrogen and oxygen atoms in total. The third kappa shape index (κ3) is 0.704. The van der Waals surface area contributed by atoms with Gasteiger partial charge in [-0.3, -0.25) is 4.79 Å². The molecule has 1 saturated heterocycles. The molecule has 3 aliphatic rings. The van der Waals surface area contributed by atoms with Gasteiger partial charge in [-0.2, -0.15) is 0 Å². The van der Waals surface area contributed by atoms with Crippen molar-refractivity contribution < 1.29 is 4.79 Å². The smallest absolute Gasteiger partial charge is 0.154 e. The van der Waals surface area contributed by atoms with Gasteiger partial charge in [-0.25, -0.2) is 0 Å². The molecule has 2 heterocycles. The topological polar surface area (TPSA) is 29.1 Å². The van der Waals surface area contributed by atoms with Gasteiger partial charge in [-0.15, -0.1) is 0 Å². The number of hydrogen-bond acceptors (Lipinski definition) is 2. The number of carbonyl (C=O) groups excluding carboxylic acids is 1. The minimum atomic E-state index is 0.0509. The van der Waals surface area contributed by atoms with E-state index in [0.29, 0.717) is 11.7 Å². The first kappa shape index (κ1) is 5.18. The van der Waals surface area contributed by atoms with Crippen LogP contribution in [0.5, 0.6) is 0 Å². The minimum Gasteiger partial charge on any atom is -0.304 e. The molecule has 0 saturated carbocycles. The Morgan fingerprint density at radius 2 is 2.44 bits per heavy atom. The van der Waals surface area contributed by atoms with Gasteiger partial charge >= 0.3 is 0 Å². The van der Waals surface area contributed by atoms with E-state index in [1.807, 2.05) is 6.08 Å². The lowest BCUT2D eigenvalue weighted by molar-refractivity contribution is -0.122. The third-order valence-electron chi connectivity index (χ3n) is 1.99. The van der Waals surface area contributed by atoms with Crippen LogP contribution in [0.3, 0.4) is 0 Å². The zero-order chi connectivity index (χ0) is 6.27. The number of rotatable bonds is 0. The Hall–Kier alpha value is -0.630. The molecule has 0 aromatic carbocycles. The van der Waals surface area contributed by atoms with Crippen LogP contribution in [0, 0.1) is 5.92 Å². The maximum atomic E-state index is 10.9. The maximum absolute atomic E-state index is 10.9. The van der Waals surface area contributed by atoms with Crippen molar-refractivity contribution in [3.05, 3.63) is 12.2 Å². The van der Waals surface area contributed by atoms with Crippen LogP contribution in [0.4, 0.5) is 0 Å². The number of hydrogen-bond donors (Lipinski definition) is 1. The van der Waals surface area contributed by atoms with Crippen molar-refractivity contribution in [3.8, 4) is 0 Å². The number of fused-ring (bicyclic) bond motifs is 2. The van der Waals surface area contributed by atoms with Gasteiger partial charge in [0, 0.05) is 13.0 Å². The molecule has 1 aliphatic carbocycles. The Kier molecular flexibility index (Phi) is 0.963. The molecule has 2 atom stereocenters. The molecular formula is C7H9NO. The summed E-state index contributed by atoms with van der Waals surface area (Å²) in [5.41, 5.74) is 0. The van der Waals surface area contributed by atoms with E-state index in [0.717, 1.165) is 13.0 Å². The molecule has 0 aromatic rings. The SMILES string of the molecule is O=C1C[C@@H]2C=CC1NC2. The van der Waals surface area contributed by atoms with E-state index >= 15 is 0 Å². The number of ketones is 1. The molecule has 3 rings (SSSR count). The second-order valence-corrected chi connectivity index (χ2v) is 2.70. The molecule has 1 N–H and O–H groups in total. The molecule has 0 amide bonds. The largest absolute Gasteiger partial charge is 0.304 e.